The number of carbonyl (C=O) groups excluding carboxylic acids is 1. The van der Waals surface area contributed by atoms with Gasteiger partial charge in [-0.1, -0.05) is 13.8 Å². The van der Waals surface area contributed by atoms with Gasteiger partial charge in [-0.25, -0.2) is 0 Å². The summed E-state index contributed by atoms with van der Waals surface area (Å²) in [6.07, 6.45) is 0.458. The average molecular weight is 246 g/mol. The lowest BCUT2D eigenvalue weighted by Gasteiger charge is -2.32. The first-order valence-electron chi connectivity index (χ1n) is 6.32. The van der Waals surface area contributed by atoms with Crippen LogP contribution < -0.4 is 5.32 Å². The van der Waals surface area contributed by atoms with E-state index in [0.29, 0.717) is 39.3 Å². The van der Waals surface area contributed by atoms with Gasteiger partial charge in [0.05, 0.1) is 25.9 Å². The summed E-state index contributed by atoms with van der Waals surface area (Å²) in [5, 5.41) is 3.15. The Balaban J connectivity index is 2.46. The molecular weight excluding hydrogens is 223 g/mol. The summed E-state index contributed by atoms with van der Waals surface area (Å²) in [5.74, 6) is 0.326. The molecule has 1 heterocycles. The van der Waals surface area contributed by atoms with Gasteiger partial charge in [0, 0.05) is 13.1 Å². The summed E-state index contributed by atoms with van der Waals surface area (Å²) in [4.78, 5) is 14.1. The van der Waals surface area contributed by atoms with Crippen molar-refractivity contribution >= 4 is 5.91 Å². The van der Waals surface area contributed by atoms with E-state index in [-0.39, 0.29) is 24.5 Å². The van der Waals surface area contributed by atoms with E-state index in [1.165, 1.54) is 0 Å². The van der Waals surface area contributed by atoms with Crippen molar-refractivity contribution in [2.75, 3.05) is 39.5 Å². The number of nitrogens with one attached hydrogen (secondary N) is 1. The van der Waals surface area contributed by atoms with Crippen LogP contribution >= 0.6 is 0 Å². The fourth-order valence-electron chi connectivity index (χ4n) is 1.91. The van der Waals surface area contributed by atoms with Gasteiger partial charge < -0.3 is 15.0 Å². The number of nitrogens with zero attached hydrogens (tertiary/aromatic N) is 1. The van der Waals surface area contributed by atoms with E-state index in [1.54, 1.807) is 0 Å². The number of rotatable bonds is 6. The lowest BCUT2D eigenvalue weighted by Crippen LogP contribution is -2.52. The molecule has 1 rings (SSSR count). The molecule has 1 saturated heterocycles. The van der Waals surface area contributed by atoms with Gasteiger partial charge in [0.25, 0.3) is 0 Å². The normalized spacial score (nSPS) is 18.5. The molecule has 1 unspecified atom stereocenters. The minimum atomic E-state index is -0.344. The number of hydrogen-bond acceptors (Lipinski definition) is 3. The van der Waals surface area contributed by atoms with Gasteiger partial charge in [-0.3, -0.25) is 9.18 Å². The van der Waals surface area contributed by atoms with Gasteiger partial charge in [-0.05, 0) is 18.9 Å². The highest BCUT2D eigenvalue weighted by molar-refractivity contribution is 5.82. The smallest absolute Gasteiger partial charge is 0.240 e. The molecule has 1 amide bonds. The molecule has 0 aromatic heterocycles. The van der Waals surface area contributed by atoms with Crippen molar-refractivity contribution < 1.29 is 13.9 Å². The summed E-state index contributed by atoms with van der Waals surface area (Å²) in [6, 6.07) is -0.209. The lowest BCUT2D eigenvalue weighted by molar-refractivity contribution is -0.138. The molecule has 0 bridgehead atoms. The van der Waals surface area contributed by atoms with Crippen molar-refractivity contribution in [3.8, 4) is 0 Å². The van der Waals surface area contributed by atoms with Crippen LogP contribution in [0.3, 0.4) is 0 Å². The zero-order valence-corrected chi connectivity index (χ0v) is 10.7. The maximum Gasteiger partial charge on any atom is 0.240 e. The number of ether oxygens (including phenoxy) is 1. The first-order valence-corrected chi connectivity index (χ1v) is 6.32. The maximum absolute atomic E-state index is 12.2. The Kier molecular flexibility index (Phi) is 6.44. The minimum Gasteiger partial charge on any atom is -0.378 e. The molecule has 4 nitrogen and oxygen atoms in total. The standard InChI is InChI=1S/C12H23FN2O2/c1-10(2)11(14-5-3-4-13)12(16)15-6-8-17-9-7-15/h10-11,14H,3-9H2,1-2H3. The van der Waals surface area contributed by atoms with Crippen LogP contribution in [0.4, 0.5) is 4.39 Å². The van der Waals surface area contributed by atoms with Crippen LogP contribution in [0.15, 0.2) is 0 Å². The van der Waals surface area contributed by atoms with Crippen molar-refractivity contribution in [1.29, 1.82) is 0 Å². The van der Waals surface area contributed by atoms with E-state index in [2.05, 4.69) is 5.32 Å². The largest absolute Gasteiger partial charge is 0.378 e. The highest BCUT2D eigenvalue weighted by Crippen LogP contribution is 2.08. The molecule has 17 heavy (non-hydrogen) atoms. The zero-order chi connectivity index (χ0) is 12.7. The fourth-order valence-corrected chi connectivity index (χ4v) is 1.91. The topological polar surface area (TPSA) is 41.6 Å². The molecule has 0 spiro atoms. The van der Waals surface area contributed by atoms with Gasteiger partial charge in [0.2, 0.25) is 5.91 Å². The summed E-state index contributed by atoms with van der Waals surface area (Å²) in [5.41, 5.74) is 0. The summed E-state index contributed by atoms with van der Waals surface area (Å²) in [7, 11) is 0. The molecule has 0 aromatic rings. The third-order valence-electron chi connectivity index (χ3n) is 2.93. The van der Waals surface area contributed by atoms with Gasteiger partial charge in [-0.15, -0.1) is 0 Å². The predicted molar refractivity (Wildman–Crippen MR) is 64.6 cm³/mol. The van der Waals surface area contributed by atoms with E-state index in [9.17, 15) is 9.18 Å². The van der Waals surface area contributed by atoms with E-state index in [1.807, 2.05) is 18.7 Å². The Morgan fingerprint density at radius 2 is 2.06 bits per heavy atom. The molecule has 1 aliphatic rings. The van der Waals surface area contributed by atoms with Crippen molar-refractivity contribution in [3.05, 3.63) is 0 Å². The highest BCUT2D eigenvalue weighted by atomic mass is 19.1. The van der Waals surface area contributed by atoms with Crippen molar-refractivity contribution in [1.82, 2.24) is 10.2 Å². The fraction of sp³-hybridized carbons (Fsp3) is 0.917. The van der Waals surface area contributed by atoms with Gasteiger partial charge in [-0.2, -0.15) is 0 Å². The Hall–Kier alpha value is -0.680. The monoisotopic (exact) mass is 246 g/mol. The number of hydrogen-bond donors (Lipinski definition) is 1. The second-order valence-electron chi connectivity index (χ2n) is 4.66. The first-order chi connectivity index (χ1) is 8.16. The molecule has 1 aliphatic heterocycles. The van der Waals surface area contributed by atoms with Crippen LogP contribution in [0, 0.1) is 5.92 Å². The summed E-state index contributed by atoms with van der Waals surface area (Å²) in [6.45, 7) is 6.76. The van der Waals surface area contributed by atoms with Gasteiger partial charge in [0.1, 0.15) is 0 Å². The Bertz CT molecular complexity index is 231. The molecule has 1 N–H and O–H groups in total. The Morgan fingerprint density at radius 1 is 1.41 bits per heavy atom. The molecular formula is C12H23FN2O2. The van der Waals surface area contributed by atoms with E-state index in [4.69, 9.17) is 4.74 Å². The van der Waals surface area contributed by atoms with Crippen molar-refractivity contribution in [3.63, 3.8) is 0 Å². The zero-order valence-electron chi connectivity index (χ0n) is 10.7. The summed E-state index contributed by atoms with van der Waals surface area (Å²) >= 11 is 0. The Morgan fingerprint density at radius 3 is 2.59 bits per heavy atom. The van der Waals surface area contributed by atoms with E-state index < -0.39 is 0 Å². The Labute approximate surface area is 102 Å². The van der Waals surface area contributed by atoms with E-state index >= 15 is 0 Å². The third kappa shape index (κ3) is 4.60. The molecule has 1 fully saturated rings. The third-order valence-corrected chi connectivity index (χ3v) is 2.93. The number of halogens is 1. The maximum atomic E-state index is 12.2. The number of amides is 1. The van der Waals surface area contributed by atoms with Crippen molar-refractivity contribution in [2.45, 2.75) is 26.3 Å². The SMILES string of the molecule is CC(C)C(NCCCF)C(=O)N1CCOCC1. The second kappa shape index (κ2) is 7.61. The number of morpholine rings is 1. The molecule has 0 saturated carbocycles. The highest BCUT2D eigenvalue weighted by Gasteiger charge is 2.27. The van der Waals surface area contributed by atoms with Gasteiger partial charge >= 0.3 is 0 Å². The molecule has 0 radical (unpaired) electrons. The molecule has 5 heteroatoms. The summed E-state index contributed by atoms with van der Waals surface area (Å²) < 4.78 is 17.3. The average Bonchev–Trinajstić information content (AvgIpc) is 2.34. The molecule has 100 valence electrons. The second-order valence-corrected chi connectivity index (χ2v) is 4.66. The van der Waals surface area contributed by atoms with Crippen LogP contribution in [-0.4, -0.2) is 56.4 Å². The molecule has 1 atom stereocenters. The molecule has 0 aliphatic carbocycles. The lowest BCUT2D eigenvalue weighted by atomic mass is 10.0. The van der Waals surface area contributed by atoms with Crippen molar-refractivity contribution in [2.24, 2.45) is 5.92 Å². The van der Waals surface area contributed by atoms with Crippen LogP contribution in [0.2, 0.25) is 0 Å². The first kappa shape index (κ1) is 14.4. The van der Waals surface area contributed by atoms with Crippen LogP contribution in [0.5, 0.6) is 0 Å². The van der Waals surface area contributed by atoms with E-state index in [0.717, 1.165) is 0 Å². The van der Waals surface area contributed by atoms with Gasteiger partial charge in [0.15, 0.2) is 0 Å². The number of carbonyl (C=O) groups is 1. The quantitative estimate of drug-likeness (QED) is 0.705. The molecule has 0 aromatic carbocycles. The minimum absolute atomic E-state index is 0.113. The van der Waals surface area contributed by atoms with Crippen LogP contribution in [0.25, 0.3) is 0 Å². The van der Waals surface area contributed by atoms with Crippen LogP contribution in [0.1, 0.15) is 20.3 Å². The van der Waals surface area contributed by atoms with Crippen LogP contribution in [-0.2, 0) is 9.53 Å². The number of alkyl halides is 1. The predicted octanol–water partition coefficient (Wildman–Crippen LogP) is 0.819.